The van der Waals surface area contributed by atoms with Gasteiger partial charge in [0.25, 0.3) is 11.8 Å². The second-order valence-electron chi connectivity index (χ2n) is 7.20. The molecule has 1 heterocycles. The molecule has 1 aromatic heterocycles. The largest absolute Gasteiger partial charge is 0.322 e. The third-order valence-electron chi connectivity index (χ3n) is 5.31. The van der Waals surface area contributed by atoms with E-state index in [1.54, 1.807) is 23.5 Å². The molecular weight excluding hydrogens is 380 g/mol. The van der Waals surface area contributed by atoms with Gasteiger partial charge in [-0.05, 0) is 61.4 Å². The van der Waals surface area contributed by atoms with Crippen LogP contribution in [0.15, 0.2) is 54.6 Å². The molecule has 3 aromatic rings. The minimum Gasteiger partial charge on any atom is -0.322 e. The molecule has 0 unspecified atom stereocenters. The highest BCUT2D eigenvalue weighted by molar-refractivity contribution is 7.17. The number of rotatable bonds is 5. The standard InChI is InChI=1S/C24H24N2O2S/c1-2-16-10-6-8-14-19(16)25-23(28)21-18-13-7-9-15-20(18)29-24(21)26-22(27)17-11-4-3-5-12-17/h3-6,8,10-12,14H,2,7,9,13,15H2,1H3,(H,25,28)(H,26,27). The Labute approximate surface area is 175 Å². The molecule has 0 atom stereocenters. The number of fused-ring (bicyclic) bond motifs is 1. The minimum absolute atomic E-state index is 0.145. The summed E-state index contributed by atoms with van der Waals surface area (Å²) in [6.45, 7) is 2.07. The average molecular weight is 405 g/mol. The predicted molar refractivity (Wildman–Crippen MR) is 119 cm³/mol. The Bertz CT molecular complexity index is 1040. The van der Waals surface area contributed by atoms with Gasteiger partial charge in [-0.2, -0.15) is 0 Å². The van der Waals surface area contributed by atoms with Crippen LogP contribution < -0.4 is 10.6 Å². The summed E-state index contributed by atoms with van der Waals surface area (Å²) < 4.78 is 0. The van der Waals surface area contributed by atoms with Crippen molar-refractivity contribution in [2.45, 2.75) is 39.0 Å². The summed E-state index contributed by atoms with van der Waals surface area (Å²) in [6, 6.07) is 17.0. The second-order valence-corrected chi connectivity index (χ2v) is 8.31. The zero-order valence-electron chi connectivity index (χ0n) is 16.5. The van der Waals surface area contributed by atoms with Gasteiger partial charge in [-0.1, -0.05) is 43.3 Å². The maximum atomic E-state index is 13.3. The molecule has 4 rings (SSSR count). The van der Waals surface area contributed by atoms with Crippen molar-refractivity contribution in [3.05, 3.63) is 81.7 Å². The van der Waals surface area contributed by atoms with Crippen molar-refractivity contribution in [2.24, 2.45) is 0 Å². The van der Waals surface area contributed by atoms with Crippen molar-refractivity contribution in [2.75, 3.05) is 10.6 Å². The summed E-state index contributed by atoms with van der Waals surface area (Å²) in [5, 5.41) is 6.73. The van der Waals surface area contributed by atoms with Crippen LogP contribution in [-0.2, 0) is 19.3 Å². The van der Waals surface area contributed by atoms with Crippen molar-refractivity contribution in [1.82, 2.24) is 0 Å². The number of benzene rings is 2. The van der Waals surface area contributed by atoms with E-state index in [0.717, 1.165) is 48.9 Å². The summed E-state index contributed by atoms with van der Waals surface area (Å²) in [6.07, 6.45) is 4.88. The fourth-order valence-electron chi connectivity index (χ4n) is 3.79. The molecule has 2 amide bonds. The zero-order chi connectivity index (χ0) is 20.2. The van der Waals surface area contributed by atoms with Crippen LogP contribution in [0.3, 0.4) is 0 Å². The Kier molecular flexibility index (Phi) is 5.76. The van der Waals surface area contributed by atoms with Crippen LogP contribution in [0.2, 0.25) is 0 Å². The van der Waals surface area contributed by atoms with Crippen molar-refractivity contribution in [3.8, 4) is 0 Å². The summed E-state index contributed by atoms with van der Waals surface area (Å²) >= 11 is 1.54. The Hall–Kier alpha value is -2.92. The monoisotopic (exact) mass is 404 g/mol. The Morgan fingerprint density at radius 1 is 0.897 bits per heavy atom. The van der Waals surface area contributed by atoms with Crippen LogP contribution in [0.25, 0.3) is 0 Å². The molecule has 4 nitrogen and oxygen atoms in total. The summed E-state index contributed by atoms with van der Waals surface area (Å²) in [4.78, 5) is 27.2. The fourth-order valence-corrected chi connectivity index (χ4v) is 5.08. The van der Waals surface area contributed by atoms with Gasteiger partial charge in [0, 0.05) is 16.1 Å². The van der Waals surface area contributed by atoms with Gasteiger partial charge < -0.3 is 10.6 Å². The summed E-state index contributed by atoms with van der Waals surface area (Å²) in [5.41, 5.74) is 4.23. The number of thiophene rings is 1. The molecule has 0 bridgehead atoms. The SMILES string of the molecule is CCc1ccccc1NC(=O)c1c(NC(=O)c2ccccc2)sc2c1CCCC2. The normalized spacial score (nSPS) is 12.9. The number of carbonyl (C=O) groups excluding carboxylic acids is 2. The Balaban J connectivity index is 1.67. The van der Waals surface area contributed by atoms with Gasteiger partial charge in [-0.15, -0.1) is 11.3 Å². The van der Waals surface area contributed by atoms with Gasteiger partial charge in [-0.25, -0.2) is 0 Å². The van der Waals surface area contributed by atoms with Gasteiger partial charge in [0.05, 0.1) is 5.56 Å². The van der Waals surface area contributed by atoms with Crippen LogP contribution in [-0.4, -0.2) is 11.8 Å². The van der Waals surface area contributed by atoms with E-state index < -0.39 is 0 Å². The van der Waals surface area contributed by atoms with Crippen LogP contribution in [0, 0.1) is 0 Å². The molecule has 0 saturated heterocycles. The molecule has 2 aromatic carbocycles. The molecule has 0 saturated carbocycles. The third kappa shape index (κ3) is 4.10. The zero-order valence-corrected chi connectivity index (χ0v) is 17.3. The number of para-hydroxylation sites is 1. The Morgan fingerprint density at radius 3 is 2.41 bits per heavy atom. The first-order valence-electron chi connectivity index (χ1n) is 10.1. The molecule has 0 radical (unpaired) electrons. The Morgan fingerprint density at radius 2 is 1.62 bits per heavy atom. The van der Waals surface area contributed by atoms with Crippen LogP contribution in [0.1, 0.15) is 56.5 Å². The van der Waals surface area contributed by atoms with Crippen LogP contribution >= 0.6 is 11.3 Å². The first-order chi connectivity index (χ1) is 14.2. The number of nitrogens with one attached hydrogen (secondary N) is 2. The van der Waals surface area contributed by atoms with Crippen molar-refractivity contribution in [3.63, 3.8) is 0 Å². The number of amides is 2. The predicted octanol–water partition coefficient (Wildman–Crippen LogP) is 5.69. The lowest BCUT2D eigenvalue weighted by Crippen LogP contribution is -2.19. The molecule has 1 aliphatic rings. The van der Waals surface area contributed by atoms with Gasteiger partial charge in [-0.3, -0.25) is 9.59 Å². The number of hydrogen-bond acceptors (Lipinski definition) is 3. The summed E-state index contributed by atoms with van der Waals surface area (Å²) in [5.74, 6) is -0.333. The van der Waals surface area contributed by atoms with E-state index in [4.69, 9.17) is 0 Å². The smallest absolute Gasteiger partial charge is 0.258 e. The van der Waals surface area contributed by atoms with Crippen LogP contribution in [0.4, 0.5) is 10.7 Å². The second kappa shape index (κ2) is 8.62. The van der Waals surface area contributed by atoms with E-state index in [1.807, 2.05) is 42.5 Å². The number of hydrogen-bond donors (Lipinski definition) is 2. The van der Waals surface area contributed by atoms with E-state index in [2.05, 4.69) is 17.6 Å². The first kappa shape index (κ1) is 19.4. The number of aryl methyl sites for hydroxylation is 2. The van der Waals surface area contributed by atoms with E-state index >= 15 is 0 Å². The molecule has 1 aliphatic carbocycles. The topological polar surface area (TPSA) is 58.2 Å². The highest BCUT2D eigenvalue weighted by Gasteiger charge is 2.27. The van der Waals surface area contributed by atoms with Gasteiger partial charge in [0.2, 0.25) is 0 Å². The van der Waals surface area contributed by atoms with Gasteiger partial charge in [0.1, 0.15) is 5.00 Å². The average Bonchev–Trinajstić information content (AvgIpc) is 3.12. The molecule has 0 fully saturated rings. The number of anilines is 2. The lowest BCUT2D eigenvalue weighted by molar-refractivity contribution is 0.102. The van der Waals surface area contributed by atoms with Gasteiger partial charge in [0.15, 0.2) is 0 Å². The third-order valence-corrected chi connectivity index (χ3v) is 6.52. The van der Waals surface area contributed by atoms with Crippen molar-refractivity contribution < 1.29 is 9.59 Å². The van der Waals surface area contributed by atoms with Gasteiger partial charge >= 0.3 is 0 Å². The number of carbonyl (C=O) groups is 2. The van der Waals surface area contributed by atoms with E-state index in [0.29, 0.717) is 16.1 Å². The van der Waals surface area contributed by atoms with E-state index in [-0.39, 0.29) is 11.8 Å². The molecular formula is C24H24N2O2S. The molecule has 148 valence electrons. The molecule has 5 heteroatoms. The molecule has 0 aliphatic heterocycles. The molecule has 0 spiro atoms. The maximum Gasteiger partial charge on any atom is 0.258 e. The maximum absolute atomic E-state index is 13.3. The first-order valence-corrected chi connectivity index (χ1v) is 10.9. The van der Waals surface area contributed by atoms with Crippen molar-refractivity contribution >= 4 is 33.8 Å². The fraction of sp³-hybridized carbons (Fsp3) is 0.250. The van der Waals surface area contributed by atoms with E-state index in [1.165, 1.54) is 4.88 Å². The van der Waals surface area contributed by atoms with Crippen molar-refractivity contribution in [1.29, 1.82) is 0 Å². The molecule has 2 N–H and O–H groups in total. The highest BCUT2D eigenvalue weighted by Crippen LogP contribution is 2.39. The lowest BCUT2D eigenvalue weighted by atomic mass is 9.95. The van der Waals surface area contributed by atoms with Crippen LogP contribution in [0.5, 0.6) is 0 Å². The highest BCUT2D eigenvalue weighted by atomic mass is 32.1. The lowest BCUT2D eigenvalue weighted by Gasteiger charge is -2.14. The quantitative estimate of drug-likeness (QED) is 0.573. The minimum atomic E-state index is -0.188. The van der Waals surface area contributed by atoms with E-state index in [9.17, 15) is 9.59 Å². The molecule has 29 heavy (non-hydrogen) atoms. The summed E-state index contributed by atoms with van der Waals surface area (Å²) in [7, 11) is 0.